The van der Waals surface area contributed by atoms with Crippen LogP contribution in [0.15, 0.2) is 0 Å². The van der Waals surface area contributed by atoms with E-state index in [0.717, 1.165) is 6.92 Å². The summed E-state index contributed by atoms with van der Waals surface area (Å²) >= 11 is 9.87. The van der Waals surface area contributed by atoms with Crippen LogP contribution in [0, 0.1) is 41.4 Å². The maximum Gasteiger partial charge on any atom is 0.326 e. The molecule has 28 N–H and O–H groups in total. The predicted octanol–water partition coefficient (Wildman–Crippen LogP) is -5.45. The fourth-order valence-corrected chi connectivity index (χ4v) is 15.3. The second-order valence-electron chi connectivity index (χ2n) is 36.7. The summed E-state index contributed by atoms with van der Waals surface area (Å²) in [5.74, 6) is -25.8. The maximum atomic E-state index is 14.5. The number of aliphatic hydroxyl groups is 2. The molecule has 1 fully saturated rings. The van der Waals surface area contributed by atoms with Crippen molar-refractivity contribution in [3.8, 4) is 0 Å². The average molecular weight is 2030 g/mol. The first-order valence-corrected chi connectivity index (χ1v) is 49.5. The lowest BCUT2D eigenvalue weighted by Gasteiger charge is -2.32. The molecular weight excluding hydrogens is 1880 g/mol. The molecule has 51 heteroatoms. The number of carboxylic acid groups (broad SMARTS) is 3. The zero-order valence-electron chi connectivity index (χ0n) is 82.3. The summed E-state index contributed by atoms with van der Waals surface area (Å²) in [5.41, 5.74) is 16.8. The Morgan fingerprint density at radius 1 is 0.410 bits per heavy atom. The molecule has 19 amide bonds. The van der Waals surface area contributed by atoms with Crippen molar-refractivity contribution in [1.82, 2.24) is 95.3 Å². The van der Waals surface area contributed by atoms with Gasteiger partial charge < -0.3 is 138 Å². The van der Waals surface area contributed by atoms with Crippen LogP contribution in [-0.4, -0.2) is 326 Å². The maximum absolute atomic E-state index is 14.5. The number of carbonyl (C=O) groups excluding carboxylic acids is 19. The Bertz CT molecular complexity index is 4140. The number of thiol groups is 2. The van der Waals surface area contributed by atoms with Gasteiger partial charge in [-0.15, -0.1) is 0 Å². The molecule has 0 aromatic rings. The van der Waals surface area contributed by atoms with Crippen LogP contribution in [0.1, 0.15) is 213 Å². The SMILES string of the molecule is CC[C@H](C)[C@H](NC(=O)CNC(=O)[C@H](CC(C)C)NC(=O)[C@@H](NC(=O)CNC(=O)[C@H](CCSC)NC(=O)[C@H](CC(C)C)NC(=O)[C@H](CC(C)C)NC(=O)[C@H](CC(=O)O)NC(=O)[C@H](CCC(=O)O)NC(=O)[C@@H](N)CC(C)C)[C@@H](C)O)C(=O)N[C@H](C(=O)N[C@@H](CS)C(=O)N1CCC[C@H]1C(=O)N[C@H](C(=O)N[C@@H](CS)C(=O)N[C@@H](CO)C(=O)N[C@@H](CCC(N)=O)C(=O)N[C@@H](CCCCN)C(=O)O)[C@@H](C)CC)C(C)C. The van der Waals surface area contributed by atoms with Gasteiger partial charge in [0.05, 0.1) is 38.3 Å². The first-order valence-electron chi connectivity index (χ1n) is 46.9. The fourth-order valence-electron chi connectivity index (χ4n) is 14.4. The third-order valence-electron chi connectivity index (χ3n) is 22.5. The van der Waals surface area contributed by atoms with Crippen molar-refractivity contribution in [2.24, 2.45) is 58.6 Å². The molecule has 1 rings (SSSR count). The fraction of sp³-hybridized carbons (Fsp3) is 0.750. The lowest BCUT2D eigenvalue weighted by Crippen LogP contribution is -2.62. The van der Waals surface area contributed by atoms with E-state index in [4.69, 9.17) is 17.2 Å². The summed E-state index contributed by atoms with van der Waals surface area (Å²) in [7, 11) is 0. The number of hydrogen-bond donors (Lipinski definition) is 27. The molecule has 1 aliphatic rings. The van der Waals surface area contributed by atoms with Crippen LogP contribution in [0.4, 0.5) is 0 Å². The summed E-state index contributed by atoms with van der Waals surface area (Å²) < 4.78 is 0. The van der Waals surface area contributed by atoms with Gasteiger partial charge in [0, 0.05) is 30.9 Å². The summed E-state index contributed by atoms with van der Waals surface area (Å²) in [4.78, 5) is 300. The molecule has 0 aliphatic carbocycles. The van der Waals surface area contributed by atoms with Crippen molar-refractivity contribution in [1.29, 1.82) is 0 Å². The molecule has 0 aromatic carbocycles. The molecule has 20 atom stereocenters. The van der Waals surface area contributed by atoms with Gasteiger partial charge in [-0.05, 0) is 144 Å². The third-order valence-corrected chi connectivity index (χ3v) is 23.9. The number of thioether (sulfide) groups is 1. The Morgan fingerprint density at radius 2 is 0.791 bits per heavy atom. The van der Waals surface area contributed by atoms with E-state index >= 15 is 0 Å². The van der Waals surface area contributed by atoms with Gasteiger partial charge >= 0.3 is 17.9 Å². The van der Waals surface area contributed by atoms with Gasteiger partial charge in [-0.2, -0.15) is 37.0 Å². The van der Waals surface area contributed by atoms with Crippen LogP contribution < -0.4 is 108 Å². The third kappa shape index (κ3) is 46.9. The standard InChI is InChI=1S/C88H153N21O27S3/c1-17-47(13)69(85(132)107-68(46(11)12)83(130)104-61(41-138)87(134)109-30-21-23-62(109)82(129)108-70(48(14)18-2)84(131)103-60(40-137)81(128)102-59(39-110)80(127)95-51(24-26-63(91)112)75(122)97-54(88(135)136)22-19-20-29-89)105-64(113)37-93-74(121)55(33-43(5)6)101-86(133)71(49(15)111)106-65(114)38-92-73(120)53(28-31-139-16)96-77(124)56(34-44(7)8)98-78(125)57(35-45(9)10)99-79(126)58(36-67(117)118)100-76(123)52(25-27-66(115)116)94-72(119)50(90)32-42(3)4/h42-62,68-71,110-111,137-138H,17-41,89-90H2,1-16H3,(H2,91,112)(H,92,120)(H,93,121)(H,94,119)(H,95,127)(H,96,124)(H,97,122)(H,98,125)(H,99,126)(H,100,123)(H,101,133)(H,102,128)(H,103,131)(H,104,130)(H,105,113)(H,106,114)(H,107,132)(H,108,129)(H,115,116)(H,117,118)(H,135,136)/t47-,48-,49+,50-,51-,52-,53-,54-,55-,56-,57-,58-,59-,60-,61-,62-,68-,69-,70-,71-/m0/s1. The lowest BCUT2D eigenvalue weighted by molar-refractivity contribution is -0.143. The van der Waals surface area contributed by atoms with E-state index in [2.05, 4.69) is 116 Å². The van der Waals surface area contributed by atoms with Gasteiger partial charge in [0.25, 0.3) is 0 Å². The molecule has 790 valence electrons. The molecule has 1 aliphatic heterocycles. The number of nitrogens with zero attached hydrogens (tertiary/aromatic N) is 1. The van der Waals surface area contributed by atoms with Crippen molar-refractivity contribution in [2.75, 3.05) is 56.3 Å². The number of amides is 19. The zero-order valence-corrected chi connectivity index (χ0v) is 84.9. The molecule has 48 nitrogen and oxygen atoms in total. The van der Waals surface area contributed by atoms with Gasteiger partial charge in [0.2, 0.25) is 112 Å². The number of nitrogens with two attached hydrogens (primary N) is 3. The number of aliphatic carboxylic acids is 3. The smallest absolute Gasteiger partial charge is 0.326 e. The molecule has 0 spiro atoms. The summed E-state index contributed by atoms with van der Waals surface area (Å²) in [6.07, 6.45) is -1.36. The number of rotatable bonds is 68. The van der Waals surface area contributed by atoms with Crippen LogP contribution >= 0.6 is 37.0 Å². The highest BCUT2D eigenvalue weighted by Gasteiger charge is 2.44. The van der Waals surface area contributed by atoms with Crippen molar-refractivity contribution in [3.05, 3.63) is 0 Å². The van der Waals surface area contributed by atoms with Gasteiger partial charge in [-0.3, -0.25) is 101 Å². The summed E-state index contributed by atoms with van der Waals surface area (Å²) in [5, 5.41) is 92.0. The Labute approximate surface area is 826 Å². The molecule has 1 heterocycles. The van der Waals surface area contributed by atoms with Crippen LogP contribution in [0.2, 0.25) is 0 Å². The van der Waals surface area contributed by atoms with Gasteiger partial charge in [-0.1, -0.05) is 110 Å². The second kappa shape index (κ2) is 65.3. The molecule has 0 aromatic heterocycles. The Morgan fingerprint density at radius 3 is 1.24 bits per heavy atom. The first-order chi connectivity index (χ1) is 65.1. The number of likely N-dealkylation sites (tertiary alicyclic amines) is 1. The van der Waals surface area contributed by atoms with Crippen LogP contribution in [0.25, 0.3) is 0 Å². The summed E-state index contributed by atoms with van der Waals surface area (Å²) in [6, 6.07) is -25.2. The Balaban J connectivity index is 3.33. The van der Waals surface area contributed by atoms with E-state index in [9.17, 15) is 131 Å². The van der Waals surface area contributed by atoms with Gasteiger partial charge in [0.1, 0.15) is 96.7 Å². The van der Waals surface area contributed by atoms with Crippen LogP contribution in [-0.2, 0) is 105 Å². The molecule has 139 heavy (non-hydrogen) atoms. The molecule has 0 bridgehead atoms. The minimum Gasteiger partial charge on any atom is -0.481 e. The van der Waals surface area contributed by atoms with E-state index in [0.29, 0.717) is 12.8 Å². The van der Waals surface area contributed by atoms with Crippen molar-refractivity contribution in [2.45, 2.75) is 322 Å². The number of carboxylic acids is 3. The van der Waals surface area contributed by atoms with Crippen molar-refractivity contribution < 1.29 is 131 Å². The second-order valence-corrected chi connectivity index (χ2v) is 38.4. The number of primary amides is 1. The Kier molecular flexibility index (Phi) is 59.3. The number of nitrogens with one attached hydrogen (secondary N) is 17. The molecule has 0 unspecified atom stereocenters. The highest BCUT2D eigenvalue weighted by Crippen LogP contribution is 2.23. The minimum absolute atomic E-state index is 0.00126. The average Bonchev–Trinajstić information content (AvgIpc) is 1.69. The first kappa shape index (κ1) is 126. The van der Waals surface area contributed by atoms with E-state index in [-0.39, 0.29) is 112 Å². The zero-order chi connectivity index (χ0) is 106. The number of hydrogen-bond acceptors (Lipinski definition) is 29. The normalized spacial score (nSPS) is 16.6. The number of unbranched alkanes of at least 4 members (excludes halogenated alkanes) is 1. The highest BCUT2D eigenvalue weighted by molar-refractivity contribution is 7.98. The van der Waals surface area contributed by atoms with Crippen LogP contribution in [0.3, 0.4) is 0 Å². The molecule has 0 saturated carbocycles. The van der Waals surface area contributed by atoms with Gasteiger partial charge in [-0.25, -0.2) is 4.79 Å². The molecule has 1 saturated heterocycles. The monoisotopic (exact) mass is 2030 g/mol. The van der Waals surface area contributed by atoms with E-state index in [1.165, 1.54) is 16.7 Å². The van der Waals surface area contributed by atoms with E-state index in [1.54, 1.807) is 103 Å². The molecule has 0 radical (unpaired) electrons. The van der Waals surface area contributed by atoms with Crippen LogP contribution in [0.5, 0.6) is 0 Å². The quantitative estimate of drug-likeness (QED) is 0.0200. The van der Waals surface area contributed by atoms with Gasteiger partial charge in [0.15, 0.2) is 0 Å². The topological polar surface area (TPSA) is 762 Å². The lowest BCUT2D eigenvalue weighted by atomic mass is 9.96. The van der Waals surface area contributed by atoms with E-state index < -0.39 is 314 Å². The summed E-state index contributed by atoms with van der Waals surface area (Å²) in [6.45, 7) is 22.3. The largest absolute Gasteiger partial charge is 0.481 e. The van der Waals surface area contributed by atoms with E-state index in [1.807, 2.05) is 0 Å². The number of carbonyl (C=O) groups is 22. The molecular formula is C88H153N21O27S3. The van der Waals surface area contributed by atoms with Crippen molar-refractivity contribution >= 4 is 167 Å². The highest BCUT2D eigenvalue weighted by atomic mass is 32.2. The predicted molar refractivity (Wildman–Crippen MR) is 517 cm³/mol. The Hall–Kier alpha value is -10.8. The van der Waals surface area contributed by atoms with Crippen molar-refractivity contribution in [3.63, 3.8) is 0 Å². The number of aliphatic hydroxyl groups excluding tert-OH is 2. The minimum atomic E-state index is -1.90.